The lowest BCUT2D eigenvalue weighted by molar-refractivity contribution is 0.448. The van der Waals surface area contributed by atoms with Gasteiger partial charge in [0.2, 0.25) is 10.0 Å². The van der Waals surface area contributed by atoms with E-state index in [1.54, 1.807) is 22.5 Å². The van der Waals surface area contributed by atoms with Crippen molar-refractivity contribution in [2.24, 2.45) is 11.8 Å². The van der Waals surface area contributed by atoms with E-state index in [-0.39, 0.29) is 4.90 Å². The van der Waals surface area contributed by atoms with Gasteiger partial charge in [0.05, 0.1) is 16.5 Å². The number of rotatable bonds is 2. The van der Waals surface area contributed by atoms with E-state index in [9.17, 15) is 8.42 Å². The smallest absolute Gasteiger partial charge is 0.243 e. The molecule has 1 N–H and O–H groups in total. The molecule has 1 aromatic carbocycles. The molecule has 2 aliphatic rings. The molecule has 1 aromatic rings. The Hall–Kier alpha value is -1.42. The Bertz CT molecular complexity index is 624. The summed E-state index contributed by atoms with van der Waals surface area (Å²) >= 11 is 0. The molecule has 2 unspecified atom stereocenters. The van der Waals surface area contributed by atoms with E-state index >= 15 is 0 Å². The molecule has 2 fully saturated rings. The minimum Gasteiger partial charge on any atom is -0.316 e. The lowest BCUT2D eigenvalue weighted by atomic mass is 10.0. The van der Waals surface area contributed by atoms with Crippen molar-refractivity contribution < 1.29 is 8.42 Å². The van der Waals surface area contributed by atoms with E-state index in [4.69, 9.17) is 5.26 Å². The first-order chi connectivity index (χ1) is 9.11. The van der Waals surface area contributed by atoms with Crippen LogP contribution in [0.5, 0.6) is 0 Å². The maximum Gasteiger partial charge on any atom is 0.243 e. The van der Waals surface area contributed by atoms with Gasteiger partial charge in [-0.3, -0.25) is 0 Å². The molecule has 0 saturated carbocycles. The maximum atomic E-state index is 12.5. The second-order valence-corrected chi connectivity index (χ2v) is 7.08. The zero-order chi connectivity index (χ0) is 13.5. The highest BCUT2D eigenvalue weighted by Crippen LogP contribution is 2.30. The first-order valence-electron chi connectivity index (χ1n) is 6.32. The number of hydrogen-bond donors (Lipinski definition) is 1. The summed E-state index contributed by atoms with van der Waals surface area (Å²) in [6.45, 7) is 2.96. The zero-order valence-corrected chi connectivity index (χ0v) is 11.2. The van der Waals surface area contributed by atoms with Crippen LogP contribution in [0.3, 0.4) is 0 Å². The number of nitrogens with one attached hydrogen (secondary N) is 1. The van der Waals surface area contributed by atoms with Crippen LogP contribution in [0, 0.1) is 23.2 Å². The van der Waals surface area contributed by atoms with E-state index in [0.29, 0.717) is 30.5 Å². The molecule has 2 aliphatic heterocycles. The van der Waals surface area contributed by atoms with Gasteiger partial charge in [-0.15, -0.1) is 0 Å². The summed E-state index contributed by atoms with van der Waals surface area (Å²) in [6.07, 6.45) is 0. The third-order valence-corrected chi connectivity index (χ3v) is 5.78. The molecule has 0 bridgehead atoms. The van der Waals surface area contributed by atoms with Crippen molar-refractivity contribution in [2.45, 2.75) is 4.90 Å². The van der Waals surface area contributed by atoms with E-state index in [1.807, 2.05) is 6.07 Å². The number of nitrogens with zero attached hydrogens (tertiary/aromatic N) is 2. The van der Waals surface area contributed by atoms with Crippen LogP contribution in [0.25, 0.3) is 0 Å². The first kappa shape index (κ1) is 12.6. The van der Waals surface area contributed by atoms with Crippen molar-refractivity contribution in [3.63, 3.8) is 0 Å². The Kier molecular flexibility index (Phi) is 3.05. The van der Waals surface area contributed by atoms with Crippen molar-refractivity contribution >= 4 is 10.0 Å². The minimum absolute atomic E-state index is 0.222. The molecule has 0 aromatic heterocycles. The van der Waals surface area contributed by atoms with Gasteiger partial charge in [0.1, 0.15) is 0 Å². The van der Waals surface area contributed by atoms with Crippen molar-refractivity contribution in [2.75, 3.05) is 26.2 Å². The Balaban J connectivity index is 1.89. The molecule has 0 aliphatic carbocycles. The summed E-state index contributed by atoms with van der Waals surface area (Å²) in [5.41, 5.74) is 0.377. The van der Waals surface area contributed by atoms with E-state index < -0.39 is 10.0 Å². The van der Waals surface area contributed by atoms with Crippen LogP contribution in [-0.4, -0.2) is 38.9 Å². The van der Waals surface area contributed by atoms with Gasteiger partial charge < -0.3 is 5.32 Å². The molecule has 0 spiro atoms. The highest BCUT2D eigenvalue weighted by atomic mass is 32.2. The molecule has 19 heavy (non-hydrogen) atoms. The molecular weight excluding hydrogens is 262 g/mol. The highest BCUT2D eigenvalue weighted by molar-refractivity contribution is 7.89. The van der Waals surface area contributed by atoms with Gasteiger partial charge in [0, 0.05) is 13.1 Å². The normalized spacial score (nSPS) is 27.1. The van der Waals surface area contributed by atoms with Crippen LogP contribution < -0.4 is 5.32 Å². The molecule has 0 radical (unpaired) electrons. The fourth-order valence-electron chi connectivity index (χ4n) is 2.88. The maximum absolute atomic E-state index is 12.5. The molecule has 6 heteroatoms. The van der Waals surface area contributed by atoms with Crippen molar-refractivity contribution in [3.8, 4) is 6.07 Å². The summed E-state index contributed by atoms with van der Waals surface area (Å²) in [7, 11) is -3.46. The molecular formula is C13H15N3O2S. The van der Waals surface area contributed by atoms with Crippen LogP contribution in [0.4, 0.5) is 0 Å². The van der Waals surface area contributed by atoms with Gasteiger partial charge in [0.25, 0.3) is 0 Å². The lowest BCUT2D eigenvalue weighted by Crippen LogP contribution is -2.32. The third-order valence-electron chi connectivity index (χ3n) is 3.96. The van der Waals surface area contributed by atoms with Gasteiger partial charge in [-0.2, -0.15) is 9.57 Å². The van der Waals surface area contributed by atoms with Crippen molar-refractivity contribution in [1.82, 2.24) is 9.62 Å². The van der Waals surface area contributed by atoms with Crippen LogP contribution in [0.15, 0.2) is 29.2 Å². The summed E-state index contributed by atoms with van der Waals surface area (Å²) in [6, 6.07) is 8.21. The SMILES string of the molecule is N#Cc1cccc(S(=O)(=O)N2CC3CNCC3C2)c1. The molecule has 100 valence electrons. The predicted molar refractivity (Wildman–Crippen MR) is 69.8 cm³/mol. The zero-order valence-electron chi connectivity index (χ0n) is 10.4. The fraction of sp³-hybridized carbons (Fsp3) is 0.462. The summed E-state index contributed by atoms with van der Waals surface area (Å²) in [5.74, 6) is 0.850. The Labute approximate surface area is 112 Å². The number of sulfonamides is 1. The number of nitriles is 1. The highest BCUT2D eigenvalue weighted by Gasteiger charge is 2.41. The predicted octanol–water partition coefficient (Wildman–Crippen LogP) is 0.398. The van der Waals surface area contributed by atoms with Gasteiger partial charge in [0.15, 0.2) is 0 Å². The first-order valence-corrected chi connectivity index (χ1v) is 7.76. The van der Waals surface area contributed by atoms with Crippen LogP contribution in [0.2, 0.25) is 0 Å². The van der Waals surface area contributed by atoms with Gasteiger partial charge >= 0.3 is 0 Å². The Morgan fingerprint density at radius 2 is 1.95 bits per heavy atom. The second kappa shape index (κ2) is 4.60. The monoisotopic (exact) mass is 277 g/mol. The molecule has 2 atom stereocenters. The van der Waals surface area contributed by atoms with Crippen molar-refractivity contribution in [3.05, 3.63) is 29.8 Å². The quantitative estimate of drug-likeness (QED) is 0.849. The molecule has 2 heterocycles. The second-order valence-electron chi connectivity index (χ2n) is 5.14. The Morgan fingerprint density at radius 1 is 1.26 bits per heavy atom. The van der Waals surface area contributed by atoms with E-state index in [2.05, 4.69) is 5.32 Å². The molecule has 3 rings (SSSR count). The van der Waals surface area contributed by atoms with Gasteiger partial charge in [-0.05, 0) is 43.1 Å². The average molecular weight is 277 g/mol. The molecule has 2 saturated heterocycles. The topological polar surface area (TPSA) is 73.2 Å². The van der Waals surface area contributed by atoms with Crippen molar-refractivity contribution in [1.29, 1.82) is 5.26 Å². The largest absolute Gasteiger partial charge is 0.316 e. The van der Waals surface area contributed by atoms with Crippen LogP contribution >= 0.6 is 0 Å². The fourth-order valence-corrected chi connectivity index (χ4v) is 4.48. The van der Waals surface area contributed by atoms with E-state index in [1.165, 1.54) is 6.07 Å². The average Bonchev–Trinajstić information content (AvgIpc) is 2.99. The van der Waals surface area contributed by atoms with Crippen LogP contribution in [0.1, 0.15) is 5.56 Å². The Morgan fingerprint density at radius 3 is 2.58 bits per heavy atom. The standard InChI is InChI=1S/C13H15N3O2S/c14-5-10-2-1-3-13(4-10)19(17,18)16-8-11-6-15-7-12(11)9-16/h1-4,11-12,15H,6-9H2. The third kappa shape index (κ3) is 2.14. The van der Waals surface area contributed by atoms with Gasteiger partial charge in [-0.25, -0.2) is 8.42 Å². The van der Waals surface area contributed by atoms with E-state index in [0.717, 1.165) is 13.1 Å². The molecule has 0 amide bonds. The number of benzene rings is 1. The summed E-state index contributed by atoms with van der Waals surface area (Å²) < 4.78 is 26.6. The summed E-state index contributed by atoms with van der Waals surface area (Å²) in [4.78, 5) is 0.222. The van der Waals surface area contributed by atoms with Crippen LogP contribution in [-0.2, 0) is 10.0 Å². The molecule has 5 nitrogen and oxygen atoms in total. The lowest BCUT2D eigenvalue weighted by Gasteiger charge is -2.17. The number of fused-ring (bicyclic) bond motifs is 1. The summed E-state index contributed by atoms with van der Waals surface area (Å²) in [5, 5.41) is 12.1. The minimum atomic E-state index is -3.46. The number of hydrogen-bond acceptors (Lipinski definition) is 4. The van der Waals surface area contributed by atoms with Gasteiger partial charge in [-0.1, -0.05) is 6.07 Å².